The monoisotopic (exact) mass is 254 g/mol. The molecule has 1 amide bonds. The van der Waals surface area contributed by atoms with Crippen LogP contribution in [0.15, 0.2) is 18.2 Å². The predicted molar refractivity (Wildman–Crippen MR) is 70.5 cm³/mol. The van der Waals surface area contributed by atoms with Gasteiger partial charge < -0.3 is 0 Å². The van der Waals surface area contributed by atoms with Gasteiger partial charge in [0.2, 0.25) is 0 Å². The van der Waals surface area contributed by atoms with Gasteiger partial charge in [-0.25, -0.2) is 15.8 Å². The van der Waals surface area contributed by atoms with Crippen molar-refractivity contribution in [1.29, 1.82) is 0 Å². The number of aromatic nitrogens is 2. The number of amides is 1. The highest BCUT2D eigenvalue weighted by atomic mass is 16.2. The van der Waals surface area contributed by atoms with E-state index in [1.54, 1.807) is 12.1 Å². The summed E-state index contributed by atoms with van der Waals surface area (Å²) < 4.78 is 0. The molecule has 2 aromatic rings. The standard InChI is InChI=1S/C14H14N4O/c15-18-14(19)9-3-4-10-11(6-9)17-13-8-2-1-7(5-8)12(13)16-10/h3-4,6-8H,1-2,5,15H2,(H,18,19)/t7-,8-/m0/s1. The zero-order valence-electron chi connectivity index (χ0n) is 10.4. The molecule has 5 nitrogen and oxygen atoms in total. The number of nitrogens with two attached hydrogens (primary N) is 1. The Morgan fingerprint density at radius 1 is 1.16 bits per heavy atom. The summed E-state index contributed by atoms with van der Waals surface area (Å²) >= 11 is 0. The highest BCUT2D eigenvalue weighted by molar-refractivity contribution is 5.96. The van der Waals surface area contributed by atoms with Crippen LogP contribution in [0.5, 0.6) is 0 Å². The zero-order valence-corrected chi connectivity index (χ0v) is 10.4. The van der Waals surface area contributed by atoms with Crippen molar-refractivity contribution < 1.29 is 4.79 Å². The summed E-state index contributed by atoms with van der Waals surface area (Å²) in [6.45, 7) is 0. The zero-order chi connectivity index (χ0) is 13.0. The molecule has 2 aliphatic rings. The number of nitrogens with one attached hydrogen (secondary N) is 1. The summed E-state index contributed by atoms with van der Waals surface area (Å²) in [6.07, 6.45) is 3.66. The summed E-state index contributed by atoms with van der Waals surface area (Å²) in [7, 11) is 0. The van der Waals surface area contributed by atoms with Gasteiger partial charge in [0.25, 0.3) is 5.91 Å². The molecule has 5 heteroatoms. The van der Waals surface area contributed by atoms with Crippen LogP contribution in [0.1, 0.15) is 52.8 Å². The van der Waals surface area contributed by atoms with Gasteiger partial charge in [0.15, 0.2) is 0 Å². The van der Waals surface area contributed by atoms with E-state index in [9.17, 15) is 4.79 Å². The average molecular weight is 254 g/mol. The summed E-state index contributed by atoms with van der Waals surface area (Å²) in [4.78, 5) is 21.0. The van der Waals surface area contributed by atoms with Crippen molar-refractivity contribution in [2.45, 2.75) is 31.1 Å². The molecule has 0 radical (unpaired) electrons. The first-order chi connectivity index (χ1) is 9.26. The number of benzene rings is 1. The first-order valence-corrected chi connectivity index (χ1v) is 6.59. The van der Waals surface area contributed by atoms with Crippen LogP contribution in [0.3, 0.4) is 0 Å². The molecule has 1 saturated carbocycles. The second-order valence-corrected chi connectivity index (χ2v) is 5.38. The molecule has 0 aliphatic heterocycles. The maximum absolute atomic E-state index is 11.5. The maximum Gasteiger partial charge on any atom is 0.265 e. The second kappa shape index (κ2) is 3.74. The number of nitrogen functional groups attached to an aromatic ring is 1. The third kappa shape index (κ3) is 1.48. The van der Waals surface area contributed by atoms with E-state index in [4.69, 9.17) is 15.8 Å². The van der Waals surface area contributed by atoms with E-state index in [-0.39, 0.29) is 5.91 Å². The molecule has 1 aromatic carbocycles. The number of hydrogen-bond donors (Lipinski definition) is 2. The van der Waals surface area contributed by atoms with Crippen molar-refractivity contribution in [1.82, 2.24) is 15.4 Å². The lowest BCUT2D eigenvalue weighted by atomic mass is 10.00. The van der Waals surface area contributed by atoms with Gasteiger partial charge >= 0.3 is 0 Å². The largest absolute Gasteiger partial charge is 0.290 e. The van der Waals surface area contributed by atoms with E-state index >= 15 is 0 Å². The fourth-order valence-electron chi connectivity index (χ4n) is 3.39. The Kier molecular flexibility index (Phi) is 2.14. The fourth-order valence-corrected chi connectivity index (χ4v) is 3.39. The summed E-state index contributed by atoms with van der Waals surface area (Å²) in [5.74, 6) is 6.03. The van der Waals surface area contributed by atoms with Gasteiger partial charge in [0.05, 0.1) is 22.4 Å². The number of carbonyl (C=O) groups is 1. The van der Waals surface area contributed by atoms with Crippen LogP contribution in [0.2, 0.25) is 0 Å². The summed E-state index contributed by atoms with van der Waals surface area (Å²) in [5.41, 5.74) is 6.63. The van der Waals surface area contributed by atoms with Gasteiger partial charge in [-0.1, -0.05) is 0 Å². The van der Waals surface area contributed by atoms with Crippen LogP contribution in [-0.2, 0) is 0 Å². The fraction of sp³-hybridized carbons (Fsp3) is 0.357. The molecule has 1 fully saturated rings. The highest BCUT2D eigenvalue weighted by Gasteiger charge is 2.39. The first kappa shape index (κ1) is 10.9. The Balaban J connectivity index is 1.89. The van der Waals surface area contributed by atoms with Crippen molar-refractivity contribution in [3.63, 3.8) is 0 Å². The Morgan fingerprint density at radius 2 is 1.84 bits per heavy atom. The molecule has 96 valence electrons. The number of hydrogen-bond acceptors (Lipinski definition) is 4. The van der Waals surface area contributed by atoms with Gasteiger partial charge in [-0.2, -0.15) is 0 Å². The van der Waals surface area contributed by atoms with Crippen LogP contribution in [-0.4, -0.2) is 15.9 Å². The number of hydrazine groups is 1. The predicted octanol–water partition coefficient (Wildman–Crippen LogP) is 1.60. The number of carbonyl (C=O) groups excluding carboxylic acids is 1. The van der Waals surface area contributed by atoms with Crippen molar-refractivity contribution in [3.8, 4) is 0 Å². The third-order valence-electron chi connectivity index (χ3n) is 4.32. The van der Waals surface area contributed by atoms with E-state index in [0.29, 0.717) is 17.4 Å². The van der Waals surface area contributed by atoms with E-state index in [2.05, 4.69) is 5.43 Å². The lowest BCUT2D eigenvalue weighted by Gasteiger charge is -2.14. The number of fused-ring (bicyclic) bond motifs is 6. The molecule has 2 atom stereocenters. The minimum Gasteiger partial charge on any atom is -0.290 e. The first-order valence-electron chi connectivity index (χ1n) is 6.59. The number of nitrogens with zero attached hydrogens (tertiary/aromatic N) is 2. The molecular weight excluding hydrogens is 240 g/mol. The molecule has 19 heavy (non-hydrogen) atoms. The smallest absolute Gasteiger partial charge is 0.265 e. The molecule has 0 unspecified atom stereocenters. The molecule has 2 bridgehead atoms. The van der Waals surface area contributed by atoms with Gasteiger partial charge in [0, 0.05) is 17.4 Å². The Hall–Kier alpha value is -2.01. The molecule has 4 rings (SSSR count). The molecule has 0 spiro atoms. The van der Waals surface area contributed by atoms with E-state index < -0.39 is 0 Å². The minimum atomic E-state index is -0.300. The van der Waals surface area contributed by atoms with Crippen molar-refractivity contribution in [3.05, 3.63) is 35.2 Å². The van der Waals surface area contributed by atoms with E-state index in [0.717, 1.165) is 16.7 Å². The van der Waals surface area contributed by atoms with Crippen LogP contribution < -0.4 is 11.3 Å². The lowest BCUT2D eigenvalue weighted by Crippen LogP contribution is -2.29. The van der Waals surface area contributed by atoms with Gasteiger partial charge in [-0.05, 0) is 37.5 Å². The van der Waals surface area contributed by atoms with Gasteiger partial charge in [-0.3, -0.25) is 10.2 Å². The number of rotatable bonds is 1. The van der Waals surface area contributed by atoms with Crippen molar-refractivity contribution >= 4 is 16.9 Å². The Labute approximate surface area is 110 Å². The Bertz CT molecular complexity index is 697. The SMILES string of the molecule is NNC(=O)c1ccc2nc3c(nc2c1)[C@H]1CC[C@H]3C1. The van der Waals surface area contributed by atoms with Crippen LogP contribution in [0.4, 0.5) is 0 Å². The second-order valence-electron chi connectivity index (χ2n) is 5.38. The highest BCUT2D eigenvalue weighted by Crippen LogP contribution is 2.51. The molecule has 2 aliphatic carbocycles. The van der Waals surface area contributed by atoms with Crippen molar-refractivity contribution in [2.75, 3.05) is 0 Å². The van der Waals surface area contributed by atoms with E-state index in [1.165, 1.54) is 25.0 Å². The normalized spacial score (nSPS) is 23.6. The summed E-state index contributed by atoms with van der Waals surface area (Å²) in [5, 5.41) is 0. The van der Waals surface area contributed by atoms with Crippen molar-refractivity contribution in [2.24, 2.45) is 5.84 Å². The molecule has 1 heterocycles. The third-order valence-corrected chi connectivity index (χ3v) is 4.32. The van der Waals surface area contributed by atoms with E-state index in [1.807, 2.05) is 6.07 Å². The van der Waals surface area contributed by atoms with Crippen LogP contribution >= 0.6 is 0 Å². The lowest BCUT2D eigenvalue weighted by molar-refractivity contribution is 0.0954. The average Bonchev–Trinajstić information content (AvgIpc) is 3.05. The molecule has 0 saturated heterocycles. The topological polar surface area (TPSA) is 80.9 Å². The Morgan fingerprint density at radius 3 is 2.53 bits per heavy atom. The molecular formula is C14H14N4O. The molecule has 1 aromatic heterocycles. The maximum atomic E-state index is 11.5. The summed E-state index contributed by atoms with van der Waals surface area (Å²) in [6, 6.07) is 5.34. The van der Waals surface area contributed by atoms with Crippen LogP contribution in [0, 0.1) is 0 Å². The molecule has 3 N–H and O–H groups in total. The van der Waals surface area contributed by atoms with Gasteiger partial charge in [-0.15, -0.1) is 0 Å². The quantitative estimate of drug-likeness (QED) is 0.460. The van der Waals surface area contributed by atoms with Gasteiger partial charge in [0.1, 0.15) is 0 Å². The van der Waals surface area contributed by atoms with Crippen LogP contribution in [0.25, 0.3) is 11.0 Å². The minimum absolute atomic E-state index is 0.300.